The molecule has 0 aliphatic heterocycles. The van der Waals surface area contributed by atoms with Crippen molar-refractivity contribution in [1.29, 1.82) is 0 Å². The van der Waals surface area contributed by atoms with E-state index in [-0.39, 0.29) is 0 Å². The molecule has 1 aromatic heterocycles. The number of benzene rings is 1. The molecule has 5 nitrogen and oxygen atoms in total. The van der Waals surface area contributed by atoms with E-state index in [9.17, 15) is 0 Å². The molecule has 104 valence electrons. The van der Waals surface area contributed by atoms with E-state index in [4.69, 9.17) is 15.0 Å². The van der Waals surface area contributed by atoms with Gasteiger partial charge in [-0.25, -0.2) is 0 Å². The molecule has 2 aromatic rings. The van der Waals surface area contributed by atoms with Crippen LogP contribution in [-0.2, 0) is 12.0 Å². The number of methoxy groups -OCH3 is 1. The standard InChI is InChI=1S/C15H17N3O2/c1-19-11-5-4-9-6-7-15(16,12(9)8-11)14-17-13(20-18-14)10-2-3-10/h4-5,8,10H,2-3,6-7,16H2,1H3. The molecule has 20 heavy (non-hydrogen) atoms. The zero-order chi connectivity index (χ0) is 13.7. The number of aryl methyl sites for hydroxylation is 1. The number of aromatic nitrogens is 2. The van der Waals surface area contributed by atoms with Crippen LogP contribution in [0.5, 0.6) is 5.75 Å². The Balaban J connectivity index is 1.77. The summed E-state index contributed by atoms with van der Waals surface area (Å²) < 4.78 is 10.7. The average Bonchev–Trinajstić information content (AvgIpc) is 3.10. The lowest BCUT2D eigenvalue weighted by Crippen LogP contribution is -2.36. The van der Waals surface area contributed by atoms with Gasteiger partial charge in [0.2, 0.25) is 5.89 Å². The van der Waals surface area contributed by atoms with Gasteiger partial charge in [0.25, 0.3) is 0 Å². The van der Waals surface area contributed by atoms with E-state index in [2.05, 4.69) is 16.2 Å². The summed E-state index contributed by atoms with van der Waals surface area (Å²) in [4.78, 5) is 4.54. The summed E-state index contributed by atoms with van der Waals surface area (Å²) in [6.07, 6.45) is 4.02. The third-order valence-corrected chi connectivity index (χ3v) is 4.35. The van der Waals surface area contributed by atoms with Gasteiger partial charge in [-0.2, -0.15) is 4.98 Å². The molecule has 0 saturated heterocycles. The lowest BCUT2D eigenvalue weighted by Gasteiger charge is -2.21. The minimum atomic E-state index is -0.652. The van der Waals surface area contributed by atoms with Gasteiger partial charge in [-0.15, -0.1) is 0 Å². The molecule has 1 heterocycles. The lowest BCUT2D eigenvalue weighted by atomic mass is 9.92. The largest absolute Gasteiger partial charge is 0.497 e. The second-order valence-electron chi connectivity index (χ2n) is 5.72. The predicted octanol–water partition coefficient (Wildman–Crippen LogP) is 2.10. The first kappa shape index (κ1) is 11.9. The number of nitrogens with two attached hydrogens (primary N) is 1. The van der Waals surface area contributed by atoms with Crippen LogP contribution in [-0.4, -0.2) is 17.3 Å². The maximum atomic E-state index is 6.61. The van der Waals surface area contributed by atoms with E-state index in [1.807, 2.05) is 12.1 Å². The molecular weight excluding hydrogens is 254 g/mol. The van der Waals surface area contributed by atoms with Crippen molar-refractivity contribution in [2.45, 2.75) is 37.1 Å². The Bertz CT molecular complexity index is 663. The Labute approximate surface area is 117 Å². The van der Waals surface area contributed by atoms with Crippen molar-refractivity contribution in [3.8, 4) is 5.75 Å². The SMILES string of the molecule is COc1ccc2c(c1)C(N)(c1noc(C3CC3)n1)CC2. The summed E-state index contributed by atoms with van der Waals surface area (Å²) >= 11 is 0. The van der Waals surface area contributed by atoms with Crippen molar-refractivity contribution in [3.63, 3.8) is 0 Å². The third-order valence-electron chi connectivity index (χ3n) is 4.35. The summed E-state index contributed by atoms with van der Waals surface area (Å²) in [7, 11) is 1.66. The molecule has 1 unspecified atom stereocenters. The van der Waals surface area contributed by atoms with Crippen LogP contribution in [0.4, 0.5) is 0 Å². The number of ether oxygens (including phenoxy) is 1. The van der Waals surface area contributed by atoms with Gasteiger partial charge in [0.05, 0.1) is 7.11 Å². The van der Waals surface area contributed by atoms with Crippen LogP contribution in [0.2, 0.25) is 0 Å². The molecule has 0 amide bonds. The molecule has 0 bridgehead atoms. The molecule has 2 N–H and O–H groups in total. The van der Waals surface area contributed by atoms with E-state index in [0.717, 1.165) is 42.9 Å². The Morgan fingerprint density at radius 3 is 3.00 bits per heavy atom. The van der Waals surface area contributed by atoms with Crippen LogP contribution in [0.15, 0.2) is 22.7 Å². The first-order valence-corrected chi connectivity index (χ1v) is 7.01. The van der Waals surface area contributed by atoms with Crippen molar-refractivity contribution < 1.29 is 9.26 Å². The monoisotopic (exact) mass is 271 g/mol. The van der Waals surface area contributed by atoms with Gasteiger partial charge in [-0.3, -0.25) is 0 Å². The normalized spacial score (nSPS) is 24.7. The smallest absolute Gasteiger partial charge is 0.229 e. The highest BCUT2D eigenvalue weighted by molar-refractivity contribution is 5.47. The third kappa shape index (κ3) is 1.66. The summed E-state index contributed by atoms with van der Waals surface area (Å²) in [6, 6.07) is 6.04. The molecule has 0 radical (unpaired) electrons. The highest BCUT2D eigenvalue weighted by Crippen LogP contribution is 2.43. The van der Waals surface area contributed by atoms with E-state index >= 15 is 0 Å². The van der Waals surface area contributed by atoms with Gasteiger partial charge < -0.3 is 15.0 Å². The Morgan fingerprint density at radius 1 is 1.40 bits per heavy atom. The quantitative estimate of drug-likeness (QED) is 0.925. The van der Waals surface area contributed by atoms with Gasteiger partial charge in [0.1, 0.15) is 11.3 Å². The summed E-state index contributed by atoms with van der Waals surface area (Å²) in [5.74, 6) is 2.60. The second kappa shape index (κ2) is 4.06. The van der Waals surface area contributed by atoms with E-state index in [1.165, 1.54) is 5.56 Å². The maximum Gasteiger partial charge on any atom is 0.229 e. The number of fused-ring (bicyclic) bond motifs is 1. The van der Waals surface area contributed by atoms with Crippen molar-refractivity contribution in [1.82, 2.24) is 10.1 Å². The second-order valence-corrected chi connectivity index (χ2v) is 5.72. The molecule has 1 atom stereocenters. The fraction of sp³-hybridized carbons (Fsp3) is 0.467. The van der Waals surface area contributed by atoms with Crippen molar-refractivity contribution in [2.24, 2.45) is 5.73 Å². The van der Waals surface area contributed by atoms with Crippen LogP contribution in [0.25, 0.3) is 0 Å². The number of nitrogens with zero attached hydrogens (tertiary/aromatic N) is 2. The van der Waals surface area contributed by atoms with Crippen LogP contribution in [0.3, 0.4) is 0 Å². The molecule has 4 rings (SSSR count). The summed E-state index contributed by atoms with van der Waals surface area (Å²) in [5, 5.41) is 4.13. The highest BCUT2D eigenvalue weighted by atomic mass is 16.5. The van der Waals surface area contributed by atoms with Crippen LogP contribution in [0, 0.1) is 0 Å². The Hall–Kier alpha value is -1.88. The zero-order valence-corrected chi connectivity index (χ0v) is 11.4. The van der Waals surface area contributed by atoms with Crippen molar-refractivity contribution in [2.75, 3.05) is 7.11 Å². The Morgan fingerprint density at radius 2 is 2.25 bits per heavy atom. The van der Waals surface area contributed by atoms with Crippen LogP contribution < -0.4 is 10.5 Å². The topological polar surface area (TPSA) is 74.2 Å². The summed E-state index contributed by atoms with van der Waals surface area (Å²) in [5.41, 5.74) is 8.25. The van der Waals surface area contributed by atoms with E-state index in [1.54, 1.807) is 7.11 Å². The molecule has 1 saturated carbocycles. The van der Waals surface area contributed by atoms with Gasteiger partial charge in [0.15, 0.2) is 5.82 Å². The first-order chi connectivity index (χ1) is 9.70. The Kier molecular flexibility index (Phi) is 2.41. The van der Waals surface area contributed by atoms with Crippen molar-refractivity contribution >= 4 is 0 Å². The van der Waals surface area contributed by atoms with E-state index in [0.29, 0.717) is 11.7 Å². The minimum Gasteiger partial charge on any atom is -0.497 e. The van der Waals surface area contributed by atoms with Gasteiger partial charge >= 0.3 is 0 Å². The molecule has 0 spiro atoms. The molecule has 2 aliphatic carbocycles. The zero-order valence-electron chi connectivity index (χ0n) is 11.4. The number of hydrogen-bond donors (Lipinski definition) is 1. The number of hydrogen-bond acceptors (Lipinski definition) is 5. The lowest BCUT2D eigenvalue weighted by molar-refractivity contribution is 0.360. The van der Waals surface area contributed by atoms with E-state index < -0.39 is 5.54 Å². The maximum absolute atomic E-state index is 6.61. The van der Waals surface area contributed by atoms with Crippen LogP contribution in [0.1, 0.15) is 48.0 Å². The minimum absolute atomic E-state index is 0.450. The predicted molar refractivity (Wildman–Crippen MR) is 72.6 cm³/mol. The van der Waals surface area contributed by atoms with Crippen molar-refractivity contribution in [3.05, 3.63) is 41.0 Å². The van der Waals surface area contributed by atoms with Gasteiger partial charge in [-0.1, -0.05) is 11.2 Å². The molecular formula is C15H17N3O2. The first-order valence-electron chi connectivity index (χ1n) is 7.01. The summed E-state index contributed by atoms with van der Waals surface area (Å²) in [6.45, 7) is 0. The fourth-order valence-corrected chi connectivity index (χ4v) is 2.93. The molecule has 1 fully saturated rings. The molecule has 5 heteroatoms. The van der Waals surface area contributed by atoms with Gasteiger partial charge in [-0.05, 0) is 48.9 Å². The van der Waals surface area contributed by atoms with Gasteiger partial charge in [0, 0.05) is 5.92 Å². The molecule has 1 aromatic carbocycles. The van der Waals surface area contributed by atoms with Crippen LogP contribution >= 0.6 is 0 Å². The fourth-order valence-electron chi connectivity index (χ4n) is 2.93. The number of rotatable bonds is 3. The highest BCUT2D eigenvalue weighted by Gasteiger charge is 2.42. The molecule has 2 aliphatic rings. The average molecular weight is 271 g/mol.